The van der Waals surface area contributed by atoms with Gasteiger partial charge >= 0.3 is 5.69 Å². The predicted octanol–water partition coefficient (Wildman–Crippen LogP) is 3.17. The van der Waals surface area contributed by atoms with Crippen LogP contribution in [0, 0.1) is 12.7 Å². The Morgan fingerprint density at radius 2 is 1.83 bits per heavy atom. The van der Waals surface area contributed by atoms with Crippen molar-refractivity contribution in [1.82, 2.24) is 13.5 Å². The molecule has 0 atom stereocenters. The van der Waals surface area contributed by atoms with Crippen molar-refractivity contribution in [3.63, 3.8) is 0 Å². The van der Waals surface area contributed by atoms with Gasteiger partial charge in [-0.25, -0.2) is 9.18 Å². The van der Waals surface area contributed by atoms with Crippen LogP contribution in [-0.4, -0.2) is 20.6 Å². The fraction of sp³-hybridized carbons (Fsp3) is 0.190. The Balaban J connectivity index is 1.83. The molecule has 0 saturated carbocycles. The van der Waals surface area contributed by atoms with Crippen LogP contribution < -0.4 is 16.0 Å². The quantitative estimate of drug-likeness (QED) is 0.506. The molecular formula is C21H18FN3O3S. The van der Waals surface area contributed by atoms with Crippen molar-refractivity contribution in [3.05, 3.63) is 91.2 Å². The highest BCUT2D eigenvalue weighted by atomic mass is 32.1. The average molecular weight is 411 g/mol. The summed E-state index contributed by atoms with van der Waals surface area (Å²) in [5, 5.41) is 1.66. The van der Waals surface area contributed by atoms with Gasteiger partial charge in [0.25, 0.3) is 5.56 Å². The fourth-order valence-corrected chi connectivity index (χ4v) is 3.98. The molecule has 6 nitrogen and oxygen atoms in total. The third-order valence-electron chi connectivity index (χ3n) is 4.73. The topological polar surface area (TPSA) is 66.1 Å². The highest BCUT2D eigenvalue weighted by molar-refractivity contribution is 7.04. The molecule has 0 saturated heterocycles. The van der Waals surface area contributed by atoms with Crippen LogP contribution in [0.3, 0.4) is 0 Å². The molecule has 0 N–H and O–H groups in total. The summed E-state index contributed by atoms with van der Waals surface area (Å²) in [4.78, 5) is 26.0. The zero-order valence-electron chi connectivity index (χ0n) is 15.9. The molecule has 148 valence electrons. The summed E-state index contributed by atoms with van der Waals surface area (Å²) < 4.78 is 25.9. The summed E-state index contributed by atoms with van der Waals surface area (Å²) in [7, 11) is 1.39. The standard InChI is InChI=1S/C21H18FN3O3S/c1-13-4-3-5-14(8-13)11-25-20(26)19-17(12-29-23-19)24(21(25)27)10-15-6-7-18(28-2)16(22)9-15/h3-9,12H,10-11H2,1-2H3. The molecule has 0 spiro atoms. The number of benzene rings is 2. The van der Waals surface area contributed by atoms with Crippen LogP contribution in [0.1, 0.15) is 16.7 Å². The summed E-state index contributed by atoms with van der Waals surface area (Å²) >= 11 is 1.11. The normalized spacial score (nSPS) is 11.1. The largest absolute Gasteiger partial charge is 0.494 e. The van der Waals surface area contributed by atoms with Crippen LogP contribution in [-0.2, 0) is 13.1 Å². The Kier molecular flexibility index (Phi) is 5.02. The second kappa shape index (κ2) is 7.63. The first-order chi connectivity index (χ1) is 14.0. The van der Waals surface area contributed by atoms with Crippen LogP contribution in [0.5, 0.6) is 5.75 Å². The molecule has 29 heavy (non-hydrogen) atoms. The van der Waals surface area contributed by atoms with E-state index >= 15 is 0 Å². The fourth-order valence-electron chi connectivity index (χ4n) is 3.31. The molecule has 0 radical (unpaired) electrons. The lowest BCUT2D eigenvalue weighted by Gasteiger charge is -2.13. The van der Waals surface area contributed by atoms with Gasteiger partial charge < -0.3 is 4.74 Å². The van der Waals surface area contributed by atoms with Gasteiger partial charge in [-0.2, -0.15) is 4.37 Å². The molecular weight excluding hydrogens is 393 g/mol. The van der Waals surface area contributed by atoms with E-state index in [0.29, 0.717) is 11.1 Å². The molecule has 0 fully saturated rings. The van der Waals surface area contributed by atoms with Crippen LogP contribution in [0.2, 0.25) is 0 Å². The number of rotatable bonds is 5. The van der Waals surface area contributed by atoms with Crippen molar-refractivity contribution >= 4 is 22.6 Å². The highest BCUT2D eigenvalue weighted by Gasteiger charge is 2.16. The van der Waals surface area contributed by atoms with Gasteiger partial charge in [0.1, 0.15) is 0 Å². The summed E-state index contributed by atoms with van der Waals surface area (Å²) in [6, 6.07) is 12.2. The van der Waals surface area contributed by atoms with E-state index < -0.39 is 17.1 Å². The van der Waals surface area contributed by atoms with E-state index in [0.717, 1.165) is 22.7 Å². The molecule has 0 aliphatic carbocycles. The smallest absolute Gasteiger partial charge is 0.332 e. The maximum absolute atomic E-state index is 14.1. The van der Waals surface area contributed by atoms with Gasteiger partial charge in [0.2, 0.25) is 0 Å². The number of hydrogen-bond acceptors (Lipinski definition) is 5. The van der Waals surface area contributed by atoms with E-state index in [-0.39, 0.29) is 24.4 Å². The van der Waals surface area contributed by atoms with E-state index in [1.54, 1.807) is 11.4 Å². The van der Waals surface area contributed by atoms with Crippen molar-refractivity contribution in [2.45, 2.75) is 20.0 Å². The molecule has 0 aliphatic rings. The molecule has 2 aromatic carbocycles. The maximum Gasteiger partial charge on any atom is 0.332 e. The number of aryl methyl sites for hydroxylation is 1. The number of ether oxygens (including phenoxy) is 1. The van der Waals surface area contributed by atoms with Gasteiger partial charge in [-0.15, -0.1) is 0 Å². The summed E-state index contributed by atoms with van der Waals surface area (Å²) in [6.07, 6.45) is 0. The summed E-state index contributed by atoms with van der Waals surface area (Å²) in [5.74, 6) is -0.376. The van der Waals surface area contributed by atoms with Crippen LogP contribution in [0.4, 0.5) is 4.39 Å². The van der Waals surface area contributed by atoms with E-state index in [1.165, 1.54) is 28.4 Å². The van der Waals surface area contributed by atoms with Gasteiger partial charge in [-0.05, 0) is 41.7 Å². The Hall–Kier alpha value is -3.26. The van der Waals surface area contributed by atoms with Crippen molar-refractivity contribution in [1.29, 1.82) is 0 Å². The van der Waals surface area contributed by atoms with Gasteiger partial charge in [-0.1, -0.05) is 35.9 Å². The summed E-state index contributed by atoms with van der Waals surface area (Å²) in [6.45, 7) is 2.21. The minimum atomic E-state index is -0.509. The molecule has 0 bridgehead atoms. The first kappa shape index (κ1) is 19.1. The number of fused-ring (bicyclic) bond motifs is 1. The monoisotopic (exact) mass is 411 g/mol. The number of hydrogen-bond donors (Lipinski definition) is 0. The minimum Gasteiger partial charge on any atom is -0.494 e. The molecule has 4 aromatic rings. The molecule has 0 aliphatic heterocycles. The Morgan fingerprint density at radius 1 is 1.07 bits per heavy atom. The van der Waals surface area contributed by atoms with E-state index in [2.05, 4.69) is 4.37 Å². The van der Waals surface area contributed by atoms with Crippen molar-refractivity contribution in [3.8, 4) is 5.75 Å². The van der Waals surface area contributed by atoms with Gasteiger partial charge in [0.15, 0.2) is 17.1 Å². The summed E-state index contributed by atoms with van der Waals surface area (Å²) in [5.41, 5.74) is 2.27. The van der Waals surface area contributed by atoms with Crippen LogP contribution in [0.25, 0.3) is 11.0 Å². The predicted molar refractivity (Wildman–Crippen MR) is 110 cm³/mol. The van der Waals surface area contributed by atoms with Gasteiger partial charge in [-0.3, -0.25) is 13.9 Å². The molecule has 0 amide bonds. The highest BCUT2D eigenvalue weighted by Crippen LogP contribution is 2.19. The molecule has 0 unspecified atom stereocenters. The maximum atomic E-state index is 14.1. The van der Waals surface area contributed by atoms with Crippen LogP contribution in [0.15, 0.2) is 57.4 Å². The van der Waals surface area contributed by atoms with E-state index in [1.807, 2.05) is 31.2 Å². The van der Waals surface area contributed by atoms with Crippen LogP contribution >= 0.6 is 11.5 Å². The molecule has 2 heterocycles. The first-order valence-corrected chi connectivity index (χ1v) is 9.77. The Morgan fingerprint density at radius 3 is 2.55 bits per heavy atom. The van der Waals surface area contributed by atoms with Gasteiger partial charge in [0.05, 0.1) is 25.7 Å². The molecule has 2 aromatic heterocycles. The third kappa shape index (κ3) is 3.58. The average Bonchev–Trinajstić information content (AvgIpc) is 3.19. The van der Waals surface area contributed by atoms with Crippen molar-refractivity contribution < 1.29 is 9.13 Å². The third-order valence-corrected chi connectivity index (χ3v) is 5.35. The van der Waals surface area contributed by atoms with E-state index in [4.69, 9.17) is 4.74 Å². The zero-order chi connectivity index (χ0) is 20.5. The first-order valence-electron chi connectivity index (χ1n) is 8.93. The van der Waals surface area contributed by atoms with Gasteiger partial charge in [0, 0.05) is 5.38 Å². The molecule has 8 heteroatoms. The lowest BCUT2D eigenvalue weighted by molar-refractivity contribution is 0.386. The zero-order valence-corrected chi connectivity index (χ0v) is 16.7. The SMILES string of the molecule is COc1ccc(Cn2c(=O)n(Cc3cccc(C)c3)c(=O)c3nscc32)cc1F. The number of nitrogens with zero attached hydrogens (tertiary/aromatic N) is 3. The number of aromatic nitrogens is 3. The van der Waals surface area contributed by atoms with E-state index in [9.17, 15) is 14.0 Å². The van der Waals surface area contributed by atoms with Crippen molar-refractivity contribution in [2.75, 3.05) is 7.11 Å². The number of halogens is 1. The Bertz CT molecular complexity index is 1320. The minimum absolute atomic E-state index is 0.114. The second-order valence-corrected chi connectivity index (χ2v) is 7.40. The second-order valence-electron chi connectivity index (χ2n) is 6.77. The number of methoxy groups -OCH3 is 1. The lowest BCUT2D eigenvalue weighted by Crippen LogP contribution is -2.40. The van der Waals surface area contributed by atoms with Crippen molar-refractivity contribution in [2.24, 2.45) is 0 Å². The Labute approximate surface area is 169 Å². The molecule has 4 rings (SSSR count). The lowest BCUT2D eigenvalue weighted by atomic mass is 10.1.